The van der Waals surface area contributed by atoms with E-state index < -0.39 is 6.04 Å². The molecular formula is C12H24N2O2. The molecular weight excluding hydrogens is 204 g/mol. The molecule has 0 spiro atoms. The fraction of sp³-hybridized carbons (Fsp3) is 0.917. The van der Waals surface area contributed by atoms with Crippen LogP contribution in [-0.4, -0.2) is 46.2 Å². The first-order valence-corrected chi connectivity index (χ1v) is 5.88. The van der Waals surface area contributed by atoms with Crippen LogP contribution in [0, 0.1) is 0 Å². The van der Waals surface area contributed by atoms with E-state index in [0.717, 1.165) is 6.42 Å². The van der Waals surface area contributed by atoms with Gasteiger partial charge in [-0.05, 0) is 41.0 Å². The molecule has 1 saturated heterocycles. The molecule has 0 bridgehead atoms. The highest BCUT2D eigenvalue weighted by atomic mass is 16.3. The van der Waals surface area contributed by atoms with Crippen LogP contribution in [0.5, 0.6) is 0 Å². The van der Waals surface area contributed by atoms with Crippen molar-refractivity contribution in [1.82, 2.24) is 10.2 Å². The normalized spacial score (nSPS) is 27.4. The van der Waals surface area contributed by atoms with Crippen molar-refractivity contribution in [3.8, 4) is 0 Å². The van der Waals surface area contributed by atoms with Crippen LogP contribution < -0.4 is 5.32 Å². The molecule has 0 aromatic heterocycles. The van der Waals surface area contributed by atoms with Gasteiger partial charge in [0.05, 0.1) is 6.61 Å². The quantitative estimate of drug-likeness (QED) is 0.696. The predicted octanol–water partition coefficient (Wildman–Crippen LogP) is 0.746. The molecule has 1 fully saturated rings. The van der Waals surface area contributed by atoms with E-state index in [0.29, 0.717) is 6.54 Å². The number of nitrogens with zero attached hydrogens (tertiary/aromatic N) is 1. The number of aliphatic hydroxyl groups excluding tert-OH is 1. The number of rotatable bonds is 1. The molecule has 1 aliphatic rings. The highest BCUT2D eigenvalue weighted by molar-refractivity contribution is 5.82. The van der Waals surface area contributed by atoms with Crippen molar-refractivity contribution in [2.45, 2.75) is 58.2 Å². The maximum atomic E-state index is 11.9. The van der Waals surface area contributed by atoms with Gasteiger partial charge in [-0.25, -0.2) is 0 Å². The number of hydrogen-bond donors (Lipinski definition) is 2. The Hall–Kier alpha value is -0.610. The molecule has 1 aliphatic heterocycles. The first-order valence-electron chi connectivity index (χ1n) is 5.88. The molecule has 0 aromatic carbocycles. The number of carbonyl (C=O) groups is 1. The van der Waals surface area contributed by atoms with Crippen molar-refractivity contribution in [1.29, 1.82) is 0 Å². The standard InChI is InChI=1S/C12H24N2O2/c1-11(2,3)14-9(8-15)10(16)13-7-6-12(14,4)5/h9,15H,6-8H2,1-5H3,(H,13,16). The molecule has 1 rings (SSSR count). The Kier molecular flexibility index (Phi) is 3.65. The van der Waals surface area contributed by atoms with Gasteiger partial charge in [-0.1, -0.05) is 0 Å². The Morgan fingerprint density at radius 1 is 1.50 bits per heavy atom. The third-order valence-corrected chi connectivity index (χ3v) is 3.20. The van der Waals surface area contributed by atoms with Crippen LogP contribution in [0.2, 0.25) is 0 Å². The number of aliphatic hydroxyl groups is 1. The summed E-state index contributed by atoms with van der Waals surface area (Å²) in [4.78, 5) is 14.0. The van der Waals surface area contributed by atoms with E-state index in [1.54, 1.807) is 0 Å². The monoisotopic (exact) mass is 228 g/mol. The van der Waals surface area contributed by atoms with Crippen LogP contribution in [0.4, 0.5) is 0 Å². The predicted molar refractivity (Wildman–Crippen MR) is 64.2 cm³/mol. The van der Waals surface area contributed by atoms with E-state index in [1.165, 1.54) is 0 Å². The summed E-state index contributed by atoms with van der Waals surface area (Å²) in [5.41, 5.74) is -0.233. The minimum atomic E-state index is -0.447. The minimum Gasteiger partial charge on any atom is -0.394 e. The molecule has 0 aliphatic carbocycles. The number of amides is 1. The number of carbonyl (C=O) groups excluding carboxylic acids is 1. The molecule has 16 heavy (non-hydrogen) atoms. The average Bonchev–Trinajstić information content (AvgIpc) is 2.20. The van der Waals surface area contributed by atoms with Gasteiger partial charge < -0.3 is 10.4 Å². The van der Waals surface area contributed by atoms with Crippen molar-refractivity contribution in [2.24, 2.45) is 0 Å². The smallest absolute Gasteiger partial charge is 0.239 e. The maximum Gasteiger partial charge on any atom is 0.239 e. The zero-order valence-corrected chi connectivity index (χ0v) is 11.0. The van der Waals surface area contributed by atoms with Gasteiger partial charge in [0.25, 0.3) is 0 Å². The summed E-state index contributed by atoms with van der Waals surface area (Å²) >= 11 is 0. The van der Waals surface area contributed by atoms with Gasteiger partial charge in [-0.15, -0.1) is 0 Å². The van der Waals surface area contributed by atoms with Crippen LogP contribution in [0.3, 0.4) is 0 Å². The van der Waals surface area contributed by atoms with E-state index in [4.69, 9.17) is 0 Å². The molecule has 0 radical (unpaired) electrons. The molecule has 0 aromatic rings. The lowest BCUT2D eigenvalue weighted by molar-refractivity contribution is -0.132. The van der Waals surface area contributed by atoms with E-state index >= 15 is 0 Å². The summed E-state index contributed by atoms with van der Waals surface area (Å²) in [5, 5.41) is 12.3. The zero-order chi connectivity index (χ0) is 12.6. The SMILES string of the molecule is CC(C)(C)N1C(CO)C(=O)NCCC1(C)C. The minimum absolute atomic E-state index is 0.0667. The Morgan fingerprint density at radius 3 is 2.50 bits per heavy atom. The first kappa shape index (κ1) is 13.5. The molecule has 1 unspecified atom stereocenters. The summed E-state index contributed by atoms with van der Waals surface area (Å²) in [7, 11) is 0. The van der Waals surface area contributed by atoms with Crippen molar-refractivity contribution in [2.75, 3.05) is 13.2 Å². The molecule has 1 amide bonds. The lowest BCUT2D eigenvalue weighted by atomic mass is 9.90. The summed E-state index contributed by atoms with van der Waals surface area (Å²) in [6.45, 7) is 11.0. The highest BCUT2D eigenvalue weighted by Gasteiger charge is 2.44. The topological polar surface area (TPSA) is 52.6 Å². The van der Waals surface area contributed by atoms with E-state index in [1.807, 2.05) is 0 Å². The summed E-state index contributed by atoms with van der Waals surface area (Å²) in [6.07, 6.45) is 0.895. The molecule has 2 N–H and O–H groups in total. The summed E-state index contributed by atoms with van der Waals surface area (Å²) < 4.78 is 0. The van der Waals surface area contributed by atoms with Gasteiger partial charge in [0.15, 0.2) is 0 Å². The molecule has 1 heterocycles. The van der Waals surface area contributed by atoms with Gasteiger partial charge in [0.1, 0.15) is 6.04 Å². The van der Waals surface area contributed by atoms with Crippen molar-refractivity contribution >= 4 is 5.91 Å². The Balaban J connectivity index is 3.13. The summed E-state index contributed by atoms with van der Waals surface area (Å²) in [5.74, 6) is -0.0667. The van der Waals surface area contributed by atoms with Gasteiger partial charge in [-0.2, -0.15) is 0 Å². The van der Waals surface area contributed by atoms with Gasteiger partial charge in [0, 0.05) is 17.6 Å². The average molecular weight is 228 g/mol. The molecule has 4 heteroatoms. The molecule has 4 nitrogen and oxygen atoms in total. The van der Waals surface area contributed by atoms with Crippen molar-refractivity contribution in [3.05, 3.63) is 0 Å². The number of hydrogen-bond acceptors (Lipinski definition) is 3. The van der Waals surface area contributed by atoms with Crippen LogP contribution in [0.25, 0.3) is 0 Å². The van der Waals surface area contributed by atoms with Crippen molar-refractivity contribution in [3.63, 3.8) is 0 Å². The van der Waals surface area contributed by atoms with Gasteiger partial charge >= 0.3 is 0 Å². The highest BCUT2D eigenvalue weighted by Crippen LogP contribution is 2.31. The van der Waals surface area contributed by atoms with Gasteiger partial charge in [-0.3, -0.25) is 9.69 Å². The van der Waals surface area contributed by atoms with Crippen LogP contribution in [0.1, 0.15) is 41.0 Å². The van der Waals surface area contributed by atoms with E-state index in [9.17, 15) is 9.90 Å². The zero-order valence-electron chi connectivity index (χ0n) is 11.0. The Labute approximate surface area is 98.0 Å². The molecule has 94 valence electrons. The lowest BCUT2D eigenvalue weighted by Crippen LogP contribution is -2.61. The van der Waals surface area contributed by atoms with Gasteiger partial charge in [0.2, 0.25) is 5.91 Å². The Bertz CT molecular complexity index is 269. The lowest BCUT2D eigenvalue weighted by Gasteiger charge is -2.48. The second kappa shape index (κ2) is 4.34. The van der Waals surface area contributed by atoms with Crippen LogP contribution in [-0.2, 0) is 4.79 Å². The van der Waals surface area contributed by atoms with E-state index in [-0.39, 0.29) is 23.6 Å². The van der Waals surface area contributed by atoms with Crippen LogP contribution >= 0.6 is 0 Å². The molecule has 1 atom stereocenters. The fourth-order valence-corrected chi connectivity index (χ4v) is 2.81. The second-order valence-electron chi connectivity index (χ2n) is 6.09. The maximum absolute atomic E-state index is 11.9. The van der Waals surface area contributed by atoms with E-state index in [2.05, 4.69) is 44.8 Å². The van der Waals surface area contributed by atoms with Crippen LogP contribution in [0.15, 0.2) is 0 Å². The Morgan fingerprint density at radius 2 is 2.06 bits per heavy atom. The third-order valence-electron chi connectivity index (χ3n) is 3.20. The largest absolute Gasteiger partial charge is 0.394 e. The number of nitrogens with one attached hydrogen (secondary N) is 1. The summed E-state index contributed by atoms with van der Waals surface area (Å²) in [6, 6.07) is -0.447. The third kappa shape index (κ3) is 2.55. The molecule has 0 saturated carbocycles. The van der Waals surface area contributed by atoms with Crippen molar-refractivity contribution < 1.29 is 9.90 Å². The second-order valence-corrected chi connectivity index (χ2v) is 6.09. The fourth-order valence-electron chi connectivity index (χ4n) is 2.81. The first-order chi connectivity index (χ1) is 7.20.